The van der Waals surface area contributed by atoms with E-state index in [0.29, 0.717) is 15.7 Å². The fraction of sp³-hybridized carbons (Fsp3) is 0.455. The predicted octanol–water partition coefficient (Wildman–Crippen LogP) is 3.17. The molecule has 1 aromatic carbocycles. The number of ether oxygens (including phenoxy) is 1. The van der Waals surface area contributed by atoms with Crippen LogP contribution in [0.5, 0.6) is 0 Å². The molecule has 16 heavy (non-hydrogen) atoms. The van der Waals surface area contributed by atoms with Crippen molar-refractivity contribution in [2.24, 2.45) is 0 Å². The van der Waals surface area contributed by atoms with Gasteiger partial charge in [0.25, 0.3) is 0 Å². The minimum absolute atomic E-state index is 0.254. The lowest BCUT2D eigenvalue weighted by Gasteiger charge is -2.14. The Morgan fingerprint density at radius 3 is 2.62 bits per heavy atom. The Labute approximate surface area is 105 Å². The minimum Gasteiger partial charge on any atom is -0.399 e. The third kappa shape index (κ3) is 2.73. The summed E-state index contributed by atoms with van der Waals surface area (Å²) in [6.45, 7) is 1.57. The van der Waals surface area contributed by atoms with Crippen molar-refractivity contribution < 1.29 is 4.74 Å². The van der Waals surface area contributed by atoms with Gasteiger partial charge in [0.15, 0.2) is 0 Å². The highest BCUT2D eigenvalue weighted by atomic mass is 35.5. The van der Waals surface area contributed by atoms with Crippen LogP contribution in [0.25, 0.3) is 0 Å². The fourth-order valence-electron chi connectivity index (χ4n) is 1.78. The first-order chi connectivity index (χ1) is 7.66. The van der Waals surface area contributed by atoms with Crippen LogP contribution in [-0.4, -0.2) is 19.3 Å². The van der Waals surface area contributed by atoms with Crippen molar-refractivity contribution in [3.8, 4) is 0 Å². The Morgan fingerprint density at radius 2 is 2.06 bits per heavy atom. The van der Waals surface area contributed by atoms with Crippen molar-refractivity contribution in [3.05, 3.63) is 22.2 Å². The van der Waals surface area contributed by atoms with Crippen LogP contribution in [0.4, 0.5) is 11.4 Å². The quantitative estimate of drug-likeness (QED) is 0.821. The first-order valence-corrected chi connectivity index (χ1v) is 6.02. The summed E-state index contributed by atoms with van der Waals surface area (Å²) in [5.74, 6) is 0. The summed E-state index contributed by atoms with van der Waals surface area (Å²) >= 11 is 12.1. The van der Waals surface area contributed by atoms with Crippen LogP contribution >= 0.6 is 23.2 Å². The van der Waals surface area contributed by atoms with Crippen LogP contribution in [0.15, 0.2) is 12.1 Å². The van der Waals surface area contributed by atoms with Gasteiger partial charge in [-0.05, 0) is 25.0 Å². The van der Waals surface area contributed by atoms with Crippen molar-refractivity contribution in [3.63, 3.8) is 0 Å². The van der Waals surface area contributed by atoms with Crippen LogP contribution < -0.4 is 11.1 Å². The van der Waals surface area contributed by atoms with Gasteiger partial charge in [0, 0.05) is 18.8 Å². The topological polar surface area (TPSA) is 47.3 Å². The van der Waals surface area contributed by atoms with Gasteiger partial charge in [-0.25, -0.2) is 0 Å². The van der Waals surface area contributed by atoms with Gasteiger partial charge in [0.2, 0.25) is 0 Å². The van der Waals surface area contributed by atoms with Crippen LogP contribution in [0.2, 0.25) is 10.0 Å². The van der Waals surface area contributed by atoms with Crippen LogP contribution in [0, 0.1) is 0 Å². The lowest BCUT2D eigenvalue weighted by atomic mass is 10.2. The lowest BCUT2D eigenvalue weighted by Crippen LogP contribution is -2.18. The highest BCUT2D eigenvalue weighted by molar-refractivity contribution is 6.39. The molecule has 1 aliphatic heterocycles. The van der Waals surface area contributed by atoms with Crippen molar-refractivity contribution in [2.75, 3.05) is 24.2 Å². The van der Waals surface area contributed by atoms with E-state index in [1.54, 1.807) is 12.1 Å². The van der Waals surface area contributed by atoms with E-state index in [2.05, 4.69) is 5.32 Å². The third-order valence-electron chi connectivity index (χ3n) is 2.59. The number of nitrogens with one attached hydrogen (secondary N) is 1. The maximum atomic E-state index is 6.05. The largest absolute Gasteiger partial charge is 0.399 e. The fourth-order valence-corrected chi connectivity index (χ4v) is 2.42. The Balaban J connectivity index is 2.03. The summed E-state index contributed by atoms with van der Waals surface area (Å²) in [5.41, 5.74) is 6.92. The molecule has 3 N–H and O–H groups in total. The summed E-state index contributed by atoms with van der Waals surface area (Å²) < 4.78 is 5.50. The molecule has 0 bridgehead atoms. The Morgan fingerprint density at radius 1 is 1.38 bits per heavy atom. The van der Waals surface area contributed by atoms with Gasteiger partial charge in [-0.1, -0.05) is 23.2 Å². The van der Waals surface area contributed by atoms with Gasteiger partial charge in [-0.3, -0.25) is 0 Å². The maximum Gasteiger partial charge on any atom is 0.0748 e. The normalized spacial score (nSPS) is 20.0. The molecule has 0 spiro atoms. The molecule has 1 aromatic rings. The summed E-state index contributed by atoms with van der Waals surface area (Å²) in [7, 11) is 0. The van der Waals surface area contributed by atoms with E-state index in [0.717, 1.165) is 31.7 Å². The second kappa shape index (κ2) is 5.13. The number of halogens is 2. The van der Waals surface area contributed by atoms with E-state index in [9.17, 15) is 0 Å². The maximum absolute atomic E-state index is 6.05. The van der Waals surface area contributed by atoms with E-state index >= 15 is 0 Å². The minimum atomic E-state index is 0.254. The van der Waals surface area contributed by atoms with Gasteiger partial charge < -0.3 is 15.8 Å². The van der Waals surface area contributed by atoms with E-state index in [-0.39, 0.29) is 6.10 Å². The molecule has 0 saturated carbocycles. The smallest absolute Gasteiger partial charge is 0.0748 e. The zero-order valence-electron chi connectivity index (χ0n) is 8.80. The summed E-state index contributed by atoms with van der Waals surface area (Å²) in [4.78, 5) is 0. The number of anilines is 2. The molecular formula is C11H14Cl2N2O. The van der Waals surface area contributed by atoms with Crippen LogP contribution in [0.3, 0.4) is 0 Å². The molecule has 0 radical (unpaired) electrons. The molecule has 1 heterocycles. The average Bonchev–Trinajstić information content (AvgIpc) is 2.68. The first-order valence-electron chi connectivity index (χ1n) is 5.27. The summed E-state index contributed by atoms with van der Waals surface area (Å²) in [6.07, 6.45) is 2.46. The van der Waals surface area contributed by atoms with Gasteiger partial charge in [0.05, 0.1) is 21.8 Å². The Kier molecular flexibility index (Phi) is 3.79. The molecule has 1 atom stereocenters. The zero-order chi connectivity index (χ0) is 11.5. The SMILES string of the molecule is Nc1cc(Cl)c(NCC2CCCO2)c(Cl)c1. The second-order valence-electron chi connectivity index (χ2n) is 3.88. The van der Waals surface area contributed by atoms with Gasteiger partial charge in [-0.15, -0.1) is 0 Å². The number of hydrogen-bond donors (Lipinski definition) is 2. The Hall–Kier alpha value is -0.640. The number of hydrogen-bond acceptors (Lipinski definition) is 3. The van der Waals surface area contributed by atoms with Crippen molar-refractivity contribution in [1.29, 1.82) is 0 Å². The molecule has 0 aromatic heterocycles. The molecule has 1 fully saturated rings. The second-order valence-corrected chi connectivity index (χ2v) is 4.69. The summed E-state index contributed by atoms with van der Waals surface area (Å²) in [6, 6.07) is 3.37. The number of nitrogens with two attached hydrogens (primary N) is 1. The molecule has 5 heteroatoms. The average molecular weight is 261 g/mol. The van der Waals surface area contributed by atoms with Crippen LogP contribution in [0.1, 0.15) is 12.8 Å². The standard InChI is InChI=1S/C11H14Cl2N2O/c12-9-4-7(14)5-10(13)11(9)15-6-8-2-1-3-16-8/h4-5,8,15H,1-3,6,14H2. The third-order valence-corrected chi connectivity index (χ3v) is 3.19. The molecule has 1 saturated heterocycles. The lowest BCUT2D eigenvalue weighted by molar-refractivity contribution is 0.120. The molecule has 1 unspecified atom stereocenters. The van der Waals surface area contributed by atoms with E-state index in [4.69, 9.17) is 33.7 Å². The zero-order valence-corrected chi connectivity index (χ0v) is 10.3. The Bertz CT molecular complexity index is 355. The van der Waals surface area contributed by atoms with Crippen molar-refractivity contribution in [2.45, 2.75) is 18.9 Å². The molecule has 0 aliphatic carbocycles. The predicted molar refractivity (Wildman–Crippen MR) is 68.3 cm³/mol. The number of rotatable bonds is 3. The molecule has 0 amide bonds. The molecule has 2 rings (SSSR count). The van der Waals surface area contributed by atoms with E-state index < -0.39 is 0 Å². The van der Waals surface area contributed by atoms with Gasteiger partial charge in [-0.2, -0.15) is 0 Å². The van der Waals surface area contributed by atoms with Gasteiger partial charge in [0.1, 0.15) is 0 Å². The van der Waals surface area contributed by atoms with E-state index in [1.165, 1.54) is 0 Å². The van der Waals surface area contributed by atoms with Gasteiger partial charge >= 0.3 is 0 Å². The summed E-state index contributed by atoms with van der Waals surface area (Å²) in [5, 5.41) is 4.29. The first kappa shape index (κ1) is 11.8. The molecule has 3 nitrogen and oxygen atoms in total. The van der Waals surface area contributed by atoms with E-state index in [1.807, 2.05) is 0 Å². The highest BCUT2D eigenvalue weighted by Gasteiger charge is 2.16. The highest BCUT2D eigenvalue weighted by Crippen LogP contribution is 2.33. The number of nitrogen functional groups attached to an aromatic ring is 1. The monoisotopic (exact) mass is 260 g/mol. The molecule has 1 aliphatic rings. The van der Waals surface area contributed by atoms with Crippen molar-refractivity contribution in [1.82, 2.24) is 0 Å². The number of benzene rings is 1. The molecule has 88 valence electrons. The van der Waals surface area contributed by atoms with Crippen LogP contribution in [-0.2, 0) is 4.74 Å². The molecular weight excluding hydrogens is 247 g/mol. The van der Waals surface area contributed by atoms with Crippen molar-refractivity contribution >= 4 is 34.6 Å².